The maximum atomic E-state index is 12.1. The summed E-state index contributed by atoms with van der Waals surface area (Å²) in [4.78, 5) is 24.0. The molecular weight excluding hydrogens is 386 g/mol. The highest BCUT2D eigenvalue weighted by Gasteiger charge is 2.11. The predicted molar refractivity (Wildman–Crippen MR) is 109 cm³/mol. The van der Waals surface area contributed by atoms with Crippen LogP contribution in [0.2, 0.25) is 0 Å². The van der Waals surface area contributed by atoms with Crippen LogP contribution in [-0.4, -0.2) is 48.0 Å². The zero-order valence-electron chi connectivity index (χ0n) is 15.5. The van der Waals surface area contributed by atoms with E-state index in [1.165, 1.54) is 30.2 Å². The lowest BCUT2D eigenvalue weighted by Gasteiger charge is -2.11. The van der Waals surface area contributed by atoms with Crippen LogP contribution in [0.15, 0.2) is 22.5 Å². The monoisotopic (exact) mass is 409 g/mol. The molecule has 0 saturated carbocycles. The van der Waals surface area contributed by atoms with Crippen molar-refractivity contribution in [3.05, 3.63) is 23.8 Å². The zero-order valence-corrected chi connectivity index (χ0v) is 17.1. The van der Waals surface area contributed by atoms with Gasteiger partial charge in [0.05, 0.1) is 25.1 Å². The molecular formula is C17H23N5O3S2. The fourth-order valence-corrected chi connectivity index (χ4v) is 3.65. The van der Waals surface area contributed by atoms with Crippen LogP contribution < -0.4 is 20.7 Å². The third kappa shape index (κ3) is 7.06. The molecule has 0 saturated heterocycles. The van der Waals surface area contributed by atoms with Crippen molar-refractivity contribution in [1.82, 2.24) is 15.5 Å². The fraction of sp³-hybridized carbons (Fsp3) is 0.412. The topological polar surface area (TPSA) is 105 Å². The molecule has 0 unspecified atom stereocenters. The summed E-state index contributed by atoms with van der Waals surface area (Å²) >= 11 is 2.69. The van der Waals surface area contributed by atoms with Gasteiger partial charge in [0, 0.05) is 6.54 Å². The predicted octanol–water partition coefficient (Wildman–Crippen LogP) is 2.52. The minimum absolute atomic E-state index is 0.115. The second-order valence-corrected chi connectivity index (χ2v) is 7.82. The number of aryl methyl sites for hydroxylation is 1. The number of benzene rings is 1. The number of amides is 2. The average molecular weight is 410 g/mol. The minimum Gasteiger partial charge on any atom is -0.495 e. The molecule has 2 amide bonds. The van der Waals surface area contributed by atoms with Gasteiger partial charge >= 0.3 is 0 Å². The van der Waals surface area contributed by atoms with Gasteiger partial charge in [-0.1, -0.05) is 36.1 Å². The van der Waals surface area contributed by atoms with Crippen LogP contribution in [0.1, 0.15) is 18.9 Å². The van der Waals surface area contributed by atoms with Crippen molar-refractivity contribution >= 4 is 45.7 Å². The molecule has 0 radical (unpaired) electrons. The van der Waals surface area contributed by atoms with Gasteiger partial charge in [-0.2, -0.15) is 0 Å². The molecule has 3 N–H and O–H groups in total. The van der Waals surface area contributed by atoms with Crippen molar-refractivity contribution in [3.63, 3.8) is 0 Å². The van der Waals surface area contributed by atoms with Crippen LogP contribution in [0.25, 0.3) is 0 Å². The van der Waals surface area contributed by atoms with Gasteiger partial charge in [-0.25, -0.2) is 0 Å². The van der Waals surface area contributed by atoms with E-state index in [4.69, 9.17) is 4.74 Å². The lowest BCUT2D eigenvalue weighted by Crippen LogP contribution is -2.34. The Morgan fingerprint density at radius 3 is 2.81 bits per heavy atom. The van der Waals surface area contributed by atoms with Gasteiger partial charge in [0.1, 0.15) is 5.75 Å². The van der Waals surface area contributed by atoms with E-state index >= 15 is 0 Å². The molecule has 27 heavy (non-hydrogen) atoms. The number of carbonyl (C=O) groups is 2. The quantitative estimate of drug-likeness (QED) is 0.518. The number of thioether (sulfide) groups is 1. The summed E-state index contributed by atoms with van der Waals surface area (Å²) in [7, 11) is 1.54. The fourth-order valence-electron chi connectivity index (χ4n) is 2.04. The van der Waals surface area contributed by atoms with Crippen LogP contribution in [0.3, 0.4) is 0 Å². The minimum atomic E-state index is -0.320. The number of rotatable bonds is 10. The highest BCUT2D eigenvalue weighted by atomic mass is 32.2. The Hall–Kier alpha value is -2.33. The molecule has 1 aromatic carbocycles. The molecule has 1 heterocycles. The van der Waals surface area contributed by atoms with Gasteiger partial charge in [0.25, 0.3) is 0 Å². The number of hydrogen-bond acceptors (Lipinski definition) is 8. The van der Waals surface area contributed by atoms with Crippen LogP contribution in [0, 0.1) is 6.92 Å². The first-order valence-electron chi connectivity index (χ1n) is 8.43. The molecule has 0 bridgehead atoms. The number of nitrogens with zero attached hydrogens (tertiary/aromatic N) is 2. The van der Waals surface area contributed by atoms with Gasteiger partial charge in [-0.3, -0.25) is 9.59 Å². The summed E-state index contributed by atoms with van der Waals surface area (Å²) in [5.41, 5.74) is 1.57. The van der Waals surface area contributed by atoms with E-state index in [1.807, 2.05) is 19.1 Å². The molecule has 0 atom stereocenters. The third-order valence-electron chi connectivity index (χ3n) is 3.33. The number of methoxy groups -OCH3 is 1. The van der Waals surface area contributed by atoms with E-state index in [0.717, 1.165) is 23.7 Å². The number of hydrogen-bond donors (Lipinski definition) is 3. The van der Waals surface area contributed by atoms with Crippen molar-refractivity contribution in [3.8, 4) is 5.75 Å². The molecule has 1 aromatic heterocycles. The van der Waals surface area contributed by atoms with E-state index in [9.17, 15) is 9.59 Å². The molecule has 2 aromatic rings. The van der Waals surface area contributed by atoms with E-state index in [2.05, 4.69) is 33.1 Å². The number of nitrogens with one attached hydrogen (secondary N) is 3. The Morgan fingerprint density at radius 1 is 1.26 bits per heavy atom. The lowest BCUT2D eigenvalue weighted by molar-refractivity contribution is -0.122. The molecule has 0 spiro atoms. The van der Waals surface area contributed by atoms with Gasteiger partial charge in [-0.15, -0.1) is 10.2 Å². The third-order valence-corrected chi connectivity index (χ3v) is 5.35. The number of carbonyl (C=O) groups excluding carboxylic acids is 2. The Kier molecular flexibility index (Phi) is 8.34. The average Bonchev–Trinajstić information content (AvgIpc) is 3.11. The maximum Gasteiger partial charge on any atom is 0.243 e. The largest absolute Gasteiger partial charge is 0.495 e. The number of anilines is 2. The number of aromatic nitrogens is 2. The molecule has 10 heteroatoms. The highest BCUT2D eigenvalue weighted by Crippen LogP contribution is 2.26. The van der Waals surface area contributed by atoms with Crippen LogP contribution in [0.5, 0.6) is 5.75 Å². The maximum absolute atomic E-state index is 12.1. The van der Waals surface area contributed by atoms with Crippen molar-refractivity contribution in [1.29, 1.82) is 0 Å². The number of ether oxygens (including phenoxy) is 1. The van der Waals surface area contributed by atoms with E-state index in [-0.39, 0.29) is 24.1 Å². The Balaban J connectivity index is 1.74. The molecule has 2 rings (SSSR count). The first kappa shape index (κ1) is 21.0. The molecule has 146 valence electrons. The van der Waals surface area contributed by atoms with Crippen molar-refractivity contribution in [2.24, 2.45) is 0 Å². The van der Waals surface area contributed by atoms with Gasteiger partial charge < -0.3 is 20.7 Å². The second kappa shape index (κ2) is 10.7. The molecule has 0 aliphatic carbocycles. The zero-order chi connectivity index (χ0) is 19.6. The normalized spacial score (nSPS) is 10.3. The van der Waals surface area contributed by atoms with Crippen LogP contribution in [-0.2, 0) is 9.59 Å². The van der Waals surface area contributed by atoms with Crippen molar-refractivity contribution in [2.45, 2.75) is 24.6 Å². The van der Waals surface area contributed by atoms with Crippen molar-refractivity contribution in [2.75, 3.05) is 36.6 Å². The molecule has 8 nitrogen and oxygen atoms in total. The summed E-state index contributed by atoms with van der Waals surface area (Å²) in [6.45, 7) is 4.71. The molecule has 0 aliphatic heterocycles. The summed E-state index contributed by atoms with van der Waals surface area (Å²) in [5, 5.41) is 17.2. The van der Waals surface area contributed by atoms with Gasteiger partial charge in [0.15, 0.2) is 4.34 Å². The molecule has 0 aliphatic rings. The van der Waals surface area contributed by atoms with Crippen LogP contribution >= 0.6 is 23.1 Å². The summed E-state index contributed by atoms with van der Waals surface area (Å²) in [6, 6.07) is 5.49. The van der Waals surface area contributed by atoms with Gasteiger partial charge in [0.2, 0.25) is 16.9 Å². The Morgan fingerprint density at radius 2 is 2.07 bits per heavy atom. The summed E-state index contributed by atoms with van der Waals surface area (Å²) in [6.07, 6.45) is 1.00. The standard InChI is InChI=1S/C17H23N5O3S2/c1-4-7-18-16-21-22-17(27-16)26-10-15(24)19-9-14(23)20-12-8-11(2)5-6-13(12)25-3/h5-6,8H,4,7,9-10H2,1-3H3,(H,18,21)(H,19,24)(H,20,23). The van der Waals surface area contributed by atoms with E-state index < -0.39 is 0 Å². The first-order valence-corrected chi connectivity index (χ1v) is 10.2. The van der Waals surface area contributed by atoms with E-state index in [0.29, 0.717) is 15.8 Å². The van der Waals surface area contributed by atoms with Crippen molar-refractivity contribution < 1.29 is 14.3 Å². The highest BCUT2D eigenvalue weighted by molar-refractivity contribution is 8.01. The van der Waals surface area contributed by atoms with E-state index in [1.54, 1.807) is 6.07 Å². The molecule has 0 fully saturated rings. The summed E-state index contributed by atoms with van der Waals surface area (Å²) in [5.74, 6) is 0.173. The summed E-state index contributed by atoms with van der Waals surface area (Å²) < 4.78 is 5.92. The SMILES string of the molecule is CCCNc1nnc(SCC(=O)NCC(=O)Nc2cc(C)ccc2OC)s1. The van der Waals surface area contributed by atoms with Crippen LogP contribution in [0.4, 0.5) is 10.8 Å². The smallest absolute Gasteiger partial charge is 0.243 e. The lowest BCUT2D eigenvalue weighted by atomic mass is 10.2. The Labute approximate surface area is 166 Å². The first-order chi connectivity index (χ1) is 13.0. The Bertz CT molecular complexity index is 782. The second-order valence-electron chi connectivity index (χ2n) is 5.62. The van der Waals surface area contributed by atoms with Gasteiger partial charge in [-0.05, 0) is 31.0 Å².